The molecule has 3 N–H and O–H groups in total. The number of imidazole rings is 1. The number of nitrogens with zero attached hydrogens (tertiary/aromatic N) is 2. The zero-order valence-corrected chi connectivity index (χ0v) is 11.5. The molecule has 0 aromatic carbocycles. The van der Waals surface area contributed by atoms with Crippen molar-refractivity contribution >= 4 is 33.3 Å². The first-order chi connectivity index (χ1) is 8.56. The highest BCUT2D eigenvalue weighted by Gasteiger charge is 2.22. The van der Waals surface area contributed by atoms with Crippen molar-refractivity contribution < 1.29 is 8.42 Å². The van der Waals surface area contributed by atoms with Gasteiger partial charge < -0.3 is 5.73 Å². The van der Waals surface area contributed by atoms with Gasteiger partial charge in [-0.1, -0.05) is 6.07 Å². The number of nitrogens with one attached hydrogen (secondary N) is 1. The molecule has 0 fully saturated rings. The molecule has 6 nitrogen and oxygen atoms in total. The Labute approximate surface area is 110 Å². The van der Waals surface area contributed by atoms with E-state index in [1.165, 1.54) is 4.40 Å². The molecule has 2 aromatic heterocycles. The SMILES string of the molecule is CSCCNS(=O)(=O)c1c(N)nc2ccccn12. The van der Waals surface area contributed by atoms with Gasteiger partial charge in [-0.25, -0.2) is 18.1 Å². The standard InChI is InChI=1S/C10H14N4O2S2/c1-17-7-5-12-18(15,16)10-9(11)13-8-4-2-3-6-14(8)10/h2-4,6,12H,5,7,11H2,1H3. The summed E-state index contributed by atoms with van der Waals surface area (Å²) in [6, 6.07) is 5.21. The van der Waals surface area contributed by atoms with Crippen LogP contribution in [0.1, 0.15) is 0 Å². The second kappa shape index (κ2) is 5.17. The first kappa shape index (κ1) is 13.2. The highest BCUT2D eigenvalue weighted by atomic mass is 32.2. The second-order valence-electron chi connectivity index (χ2n) is 3.62. The smallest absolute Gasteiger partial charge is 0.260 e. The Bertz CT molecular complexity index is 651. The lowest BCUT2D eigenvalue weighted by molar-refractivity contribution is 0.580. The number of rotatable bonds is 5. The fourth-order valence-corrected chi connectivity index (χ4v) is 3.28. The molecule has 0 bridgehead atoms. The predicted octanol–water partition coefficient (Wildman–Crippen LogP) is 0.558. The van der Waals surface area contributed by atoms with Crippen molar-refractivity contribution in [2.45, 2.75) is 5.03 Å². The molecule has 0 aliphatic carbocycles. The molecular weight excluding hydrogens is 272 g/mol. The van der Waals surface area contributed by atoms with Crippen molar-refractivity contribution in [3.05, 3.63) is 24.4 Å². The molecule has 0 aliphatic rings. The van der Waals surface area contributed by atoms with E-state index in [-0.39, 0.29) is 10.8 Å². The van der Waals surface area contributed by atoms with Gasteiger partial charge in [-0.3, -0.25) is 4.40 Å². The van der Waals surface area contributed by atoms with Crippen LogP contribution in [0.4, 0.5) is 5.82 Å². The number of nitrogens with two attached hydrogens (primary N) is 1. The summed E-state index contributed by atoms with van der Waals surface area (Å²) in [5.74, 6) is 0.716. The predicted molar refractivity (Wildman–Crippen MR) is 73.2 cm³/mol. The van der Waals surface area contributed by atoms with Crippen LogP contribution in [0.15, 0.2) is 29.4 Å². The average molecular weight is 286 g/mol. The highest BCUT2D eigenvalue weighted by Crippen LogP contribution is 2.19. The van der Waals surface area contributed by atoms with E-state index >= 15 is 0 Å². The van der Waals surface area contributed by atoms with E-state index in [2.05, 4.69) is 9.71 Å². The van der Waals surface area contributed by atoms with E-state index < -0.39 is 10.0 Å². The maximum atomic E-state index is 12.1. The molecule has 0 radical (unpaired) electrons. The van der Waals surface area contributed by atoms with Crippen molar-refractivity contribution in [2.24, 2.45) is 0 Å². The molecular formula is C10H14N4O2S2. The zero-order valence-electron chi connectivity index (χ0n) is 9.83. The summed E-state index contributed by atoms with van der Waals surface area (Å²) in [4.78, 5) is 4.02. The minimum absolute atomic E-state index is 0.000738. The number of hydrogen-bond acceptors (Lipinski definition) is 5. The van der Waals surface area contributed by atoms with Crippen molar-refractivity contribution in [1.82, 2.24) is 14.1 Å². The van der Waals surface area contributed by atoms with Crippen molar-refractivity contribution in [3.8, 4) is 0 Å². The molecule has 2 rings (SSSR count). The number of thioether (sulfide) groups is 1. The van der Waals surface area contributed by atoms with Crippen molar-refractivity contribution in [2.75, 3.05) is 24.3 Å². The molecule has 0 atom stereocenters. The first-order valence-corrected chi connectivity index (χ1v) is 8.15. The molecule has 0 aliphatic heterocycles. The summed E-state index contributed by atoms with van der Waals surface area (Å²) in [7, 11) is -3.63. The lowest BCUT2D eigenvalue weighted by atomic mass is 10.5. The summed E-state index contributed by atoms with van der Waals surface area (Å²) >= 11 is 1.57. The molecule has 0 spiro atoms. The van der Waals surface area contributed by atoms with Gasteiger partial charge in [0.2, 0.25) is 0 Å². The van der Waals surface area contributed by atoms with Crippen molar-refractivity contribution in [3.63, 3.8) is 0 Å². The fourth-order valence-electron chi connectivity index (χ4n) is 1.61. The van der Waals surface area contributed by atoms with Crippen LogP contribution < -0.4 is 10.5 Å². The van der Waals surface area contributed by atoms with Crippen LogP contribution >= 0.6 is 11.8 Å². The maximum Gasteiger partial charge on any atom is 0.260 e. The minimum atomic E-state index is -3.63. The third kappa shape index (κ3) is 2.45. The van der Waals surface area contributed by atoms with Crippen LogP contribution in [0.2, 0.25) is 0 Å². The summed E-state index contributed by atoms with van der Waals surface area (Å²) in [6.45, 7) is 0.364. The van der Waals surface area contributed by atoms with Gasteiger partial charge in [0.1, 0.15) is 5.65 Å². The Morgan fingerprint density at radius 2 is 2.28 bits per heavy atom. The third-order valence-electron chi connectivity index (χ3n) is 2.36. The first-order valence-electron chi connectivity index (χ1n) is 5.27. The number of hydrogen-bond donors (Lipinski definition) is 2. The van der Waals surface area contributed by atoms with Gasteiger partial charge >= 0.3 is 0 Å². The Morgan fingerprint density at radius 3 is 3.00 bits per heavy atom. The highest BCUT2D eigenvalue weighted by molar-refractivity contribution is 7.98. The average Bonchev–Trinajstić information content (AvgIpc) is 2.65. The number of aromatic nitrogens is 2. The van der Waals surface area contributed by atoms with Gasteiger partial charge in [0.05, 0.1) is 0 Å². The van der Waals surface area contributed by atoms with Crippen LogP contribution in [-0.2, 0) is 10.0 Å². The van der Waals surface area contributed by atoms with Crippen LogP contribution in [0.5, 0.6) is 0 Å². The number of nitrogen functional groups attached to an aromatic ring is 1. The molecule has 0 unspecified atom stereocenters. The summed E-state index contributed by atoms with van der Waals surface area (Å²) in [5, 5.41) is -0.000738. The molecule has 2 aromatic rings. The van der Waals surface area contributed by atoms with Gasteiger partial charge in [-0.05, 0) is 18.4 Å². The third-order valence-corrected chi connectivity index (χ3v) is 4.48. The Balaban J connectivity index is 2.43. The molecule has 98 valence electrons. The fraction of sp³-hybridized carbons (Fsp3) is 0.300. The number of fused-ring (bicyclic) bond motifs is 1. The van der Waals surface area contributed by atoms with Gasteiger partial charge in [-0.15, -0.1) is 0 Å². The largest absolute Gasteiger partial charge is 0.381 e. The topological polar surface area (TPSA) is 89.5 Å². The molecule has 8 heteroatoms. The lowest BCUT2D eigenvalue weighted by Crippen LogP contribution is -2.27. The minimum Gasteiger partial charge on any atom is -0.381 e. The molecule has 18 heavy (non-hydrogen) atoms. The molecule has 0 amide bonds. The monoisotopic (exact) mass is 286 g/mol. The van der Waals surface area contributed by atoms with E-state index in [1.54, 1.807) is 36.2 Å². The summed E-state index contributed by atoms with van der Waals surface area (Å²) in [5.41, 5.74) is 6.20. The van der Waals surface area contributed by atoms with E-state index in [0.29, 0.717) is 17.9 Å². The molecule has 0 saturated heterocycles. The number of pyridine rings is 1. The van der Waals surface area contributed by atoms with Gasteiger partial charge in [-0.2, -0.15) is 11.8 Å². The maximum absolute atomic E-state index is 12.1. The Kier molecular flexibility index (Phi) is 3.79. The second-order valence-corrected chi connectivity index (χ2v) is 6.29. The van der Waals surface area contributed by atoms with Crippen LogP contribution in [-0.4, -0.2) is 36.4 Å². The lowest BCUT2D eigenvalue weighted by Gasteiger charge is -2.06. The van der Waals surface area contributed by atoms with E-state index in [4.69, 9.17) is 5.73 Å². The van der Waals surface area contributed by atoms with Crippen LogP contribution in [0, 0.1) is 0 Å². The summed E-state index contributed by atoms with van der Waals surface area (Å²) in [6.07, 6.45) is 3.54. The van der Waals surface area contributed by atoms with E-state index in [0.717, 1.165) is 0 Å². The van der Waals surface area contributed by atoms with Gasteiger partial charge in [0.15, 0.2) is 10.8 Å². The summed E-state index contributed by atoms with van der Waals surface area (Å²) < 4.78 is 28.3. The zero-order chi connectivity index (χ0) is 13.2. The van der Waals surface area contributed by atoms with Gasteiger partial charge in [0, 0.05) is 18.5 Å². The van der Waals surface area contributed by atoms with E-state index in [9.17, 15) is 8.42 Å². The number of sulfonamides is 1. The van der Waals surface area contributed by atoms with Crippen LogP contribution in [0.3, 0.4) is 0 Å². The van der Waals surface area contributed by atoms with Crippen molar-refractivity contribution in [1.29, 1.82) is 0 Å². The van der Waals surface area contributed by atoms with Gasteiger partial charge in [0.25, 0.3) is 10.0 Å². The normalized spacial score (nSPS) is 12.1. The van der Waals surface area contributed by atoms with E-state index in [1.807, 2.05) is 6.26 Å². The quantitative estimate of drug-likeness (QED) is 0.784. The van der Waals surface area contributed by atoms with Crippen LogP contribution in [0.25, 0.3) is 5.65 Å². The Hall–Kier alpha value is -1.25. The number of anilines is 1. The molecule has 2 heterocycles. The molecule has 0 saturated carbocycles. The Morgan fingerprint density at radius 1 is 1.50 bits per heavy atom.